The molecule has 2 atom stereocenters. The molecule has 2 aromatic rings. The van der Waals surface area contributed by atoms with Crippen LogP contribution in [0.2, 0.25) is 0 Å². The molecule has 0 radical (unpaired) electrons. The van der Waals surface area contributed by atoms with Gasteiger partial charge in [-0.1, -0.05) is 41.5 Å². The van der Waals surface area contributed by atoms with Gasteiger partial charge >= 0.3 is 5.97 Å². The van der Waals surface area contributed by atoms with Crippen LogP contribution in [0.5, 0.6) is 5.75 Å². The normalized spacial score (nSPS) is 18.9. The molecule has 27 heavy (non-hydrogen) atoms. The molecule has 1 heterocycles. The Balaban J connectivity index is 2.03. The largest absolute Gasteiger partial charge is 0.494 e. The minimum absolute atomic E-state index is 0.0335. The lowest BCUT2D eigenvalue weighted by atomic mass is 9.90. The number of aliphatic carboxylic acids is 1. The zero-order valence-electron chi connectivity index (χ0n) is 16.4. The quantitative estimate of drug-likeness (QED) is 0.811. The summed E-state index contributed by atoms with van der Waals surface area (Å²) in [6.45, 7) is 8.31. The monoisotopic (exact) mass is 367 g/mol. The minimum atomic E-state index is -0.693. The summed E-state index contributed by atoms with van der Waals surface area (Å²) >= 11 is 0. The lowest BCUT2D eigenvalue weighted by Crippen LogP contribution is -2.41. The Morgan fingerprint density at radius 3 is 2.59 bits per heavy atom. The molecule has 1 saturated heterocycles. The third-order valence-electron chi connectivity index (χ3n) is 5.21. The van der Waals surface area contributed by atoms with E-state index < -0.39 is 5.97 Å². The number of carbonyl (C=O) groups is 1. The topological polar surface area (TPSA) is 49.8 Å². The summed E-state index contributed by atoms with van der Waals surface area (Å²) in [6.07, 6.45) is 1.66. The van der Waals surface area contributed by atoms with E-state index in [1.807, 2.05) is 19.1 Å². The fourth-order valence-corrected chi connectivity index (χ4v) is 4.17. The number of ether oxygens (including phenoxy) is 1. The van der Waals surface area contributed by atoms with Gasteiger partial charge in [-0.25, -0.2) is 0 Å². The van der Waals surface area contributed by atoms with E-state index in [1.165, 1.54) is 16.7 Å². The molecule has 1 aliphatic heterocycles. The standard InChI is InChI=1S/C23H29NO3/c1-4-27-21-9-5-7-18(14-21)22(20-12-16(2)11-17(3)13-20)24-10-6-8-19(15-24)23(25)26/h5,7,9,11-14,19,22H,4,6,8,10,15H2,1-3H3,(H,25,26). The molecule has 0 spiro atoms. The van der Waals surface area contributed by atoms with Gasteiger partial charge in [0.15, 0.2) is 0 Å². The predicted octanol–water partition coefficient (Wildman–Crippen LogP) is 4.59. The molecule has 0 saturated carbocycles. The molecule has 144 valence electrons. The van der Waals surface area contributed by atoms with E-state index >= 15 is 0 Å². The van der Waals surface area contributed by atoms with E-state index in [9.17, 15) is 9.90 Å². The zero-order chi connectivity index (χ0) is 19.4. The number of carboxylic acid groups (broad SMARTS) is 1. The van der Waals surface area contributed by atoms with Crippen molar-refractivity contribution in [3.05, 3.63) is 64.7 Å². The van der Waals surface area contributed by atoms with Crippen LogP contribution < -0.4 is 4.74 Å². The van der Waals surface area contributed by atoms with Gasteiger partial charge in [0.1, 0.15) is 5.75 Å². The van der Waals surface area contributed by atoms with E-state index in [1.54, 1.807) is 0 Å². The highest BCUT2D eigenvalue weighted by molar-refractivity contribution is 5.70. The van der Waals surface area contributed by atoms with Crippen molar-refractivity contribution in [2.45, 2.75) is 39.7 Å². The smallest absolute Gasteiger partial charge is 0.307 e. The fraction of sp³-hybridized carbons (Fsp3) is 0.435. The number of likely N-dealkylation sites (tertiary alicyclic amines) is 1. The first-order chi connectivity index (χ1) is 13.0. The Labute approximate surface area is 161 Å². The predicted molar refractivity (Wildman–Crippen MR) is 107 cm³/mol. The number of rotatable bonds is 6. The van der Waals surface area contributed by atoms with Crippen LogP contribution in [0, 0.1) is 19.8 Å². The van der Waals surface area contributed by atoms with Gasteiger partial charge in [0, 0.05) is 6.54 Å². The molecule has 4 nitrogen and oxygen atoms in total. The van der Waals surface area contributed by atoms with Crippen LogP contribution in [0.3, 0.4) is 0 Å². The maximum Gasteiger partial charge on any atom is 0.307 e. The number of piperidine rings is 1. The fourth-order valence-electron chi connectivity index (χ4n) is 4.17. The van der Waals surface area contributed by atoms with Gasteiger partial charge in [0.25, 0.3) is 0 Å². The molecule has 0 amide bonds. The van der Waals surface area contributed by atoms with Gasteiger partial charge in [0.2, 0.25) is 0 Å². The zero-order valence-corrected chi connectivity index (χ0v) is 16.4. The van der Waals surface area contributed by atoms with Crippen molar-refractivity contribution in [2.24, 2.45) is 5.92 Å². The van der Waals surface area contributed by atoms with Crippen LogP contribution >= 0.6 is 0 Å². The molecule has 0 aromatic heterocycles. The van der Waals surface area contributed by atoms with Gasteiger partial charge in [-0.3, -0.25) is 9.69 Å². The lowest BCUT2D eigenvalue weighted by Gasteiger charge is -2.38. The minimum Gasteiger partial charge on any atom is -0.494 e. The number of nitrogens with zero attached hydrogens (tertiary/aromatic N) is 1. The second kappa shape index (κ2) is 8.57. The van der Waals surface area contributed by atoms with Crippen molar-refractivity contribution in [3.8, 4) is 5.75 Å². The molecule has 1 aliphatic rings. The third-order valence-corrected chi connectivity index (χ3v) is 5.21. The summed E-state index contributed by atoms with van der Waals surface area (Å²) in [6, 6.07) is 14.9. The SMILES string of the molecule is CCOc1cccc(C(c2cc(C)cc(C)c2)N2CCCC(C(=O)O)C2)c1. The number of carboxylic acids is 1. The summed E-state index contributed by atoms with van der Waals surface area (Å²) in [7, 11) is 0. The molecular weight excluding hydrogens is 338 g/mol. The highest BCUT2D eigenvalue weighted by Crippen LogP contribution is 2.35. The van der Waals surface area contributed by atoms with E-state index in [2.05, 4.69) is 49.1 Å². The first-order valence-corrected chi connectivity index (χ1v) is 9.75. The van der Waals surface area contributed by atoms with Crippen LogP contribution in [0.15, 0.2) is 42.5 Å². The van der Waals surface area contributed by atoms with Crippen LogP contribution in [0.25, 0.3) is 0 Å². The van der Waals surface area contributed by atoms with Gasteiger partial charge in [-0.2, -0.15) is 0 Å². The van der Waals surface area contributed by atoms with Crippen molar-refractivity contribution in [2.75, 3.05) is 19.7 Å². The Morgan fingerprint density at radius 1 is 1.19 bits per heavy atom. The van der Waals surface area contributed by atoms with E-state index in [0.29, 0.717) is 13.2 Å². The number of hydrogen-bond donors (Lipinski definition) is 1. The Hall–Kier alpha value is -2.33. The molecule has 0 bridgehead atoms. The van der Waals surface area contributed by atoms with E-state index in [-0.39, 0.29) is 12.0 Å². The van der Waals surface area contributed by atoms with Crippen molar-refractivity contribution in [1.29, 1.82) is 0 Å². The molecular formula is C23H29NO3. The second-order valence-electron chi connectivity index (χ2n) is 7.50. The highest BCUT2D eigenvalue weighted by Gasteiger charge is 2.31. The summed E-state index contributed by atoms with van der Waals surface area (Å²) < 4.78 is 5.71. The lowest BCUT2D eigenvalue weighted by molar-refractivity contribution is -0.143. The third kappa shape index (κ3) is 4.69. The van der Waals surface area contributed by atoms with Gasteiger partial charge in [-0.05, 0) is 63.4 Å². The first kappa shape index (κ1) is 19.4. The number of hydrogen-bond acceptors (Lipinski definition) is 3. The summed E-state index contributed by atoms with van der Waals surface area (Å²) in [5, 5.41) is 9.53. The van der Waals surface area contributed by atoms with Gasteiger partial charge in [-0.15, -0.1) is 0 Å². The first-order valence-electron chi connectivity index (χ1n) is 9.75. The summed E-state index contributed by atoms with van der Waals surface area (Å²) in [4.78, 5) is 13.9. The average Bonchev–Trinajstić information content (AvgIpc) is 2.62. The van der Waals surface area contributed by atoms with E-state index in [4.69, 9.17) is 4.74 Å². The molecule has 2 unspecified atom stereocenters. The highest BCUT2D eigenvalue weighted by atomic mass is 16.5. The molecule has 3 rings (SSSR count). The molecule has 2 aromatic carbocycles. The maximum absolute atomic E-state index is 11.6. The Bertz CT molecular complexity index is 782. The van der Waals surface area contributed by atoms with Gasteiger partial charge < -0.3 is 9.84 Å². The van der Waals surface area contributed by atoms with Crippen molar-refractivity contribution in [1.82, 2.24) is 4.90 Å². The van der Waals surface area contributed by atoms with Crippen LogP contribution in [0.1, 0.15) is 48.1 Å². The number of benzene rings is 2. The van der Waals surface area contributed by atoms with Crippen LogP contribution in [-0.2, 0) is 4.79 Å². The van der Waals surface area contributed by atoms with Gasteiger partial charge in [0.05, 0.1) is 18.6 Å². The number of aryl methyl sites for hydroxylation is 2. The average molecular weight is 367 g/mol. The summed E-state index contributed by atoms with van der Waals surface area (Å²) in [5.74, 6) is -0.139. The van der Waals surface area contributed by atoms with Crippen molar-refractivity contribution < 1.29 is 14.6 Å². The van der Waals surface area contributed by atoms with Crippen LogP contribution in [0.4, 0.5) is 0 Å². The molecule has 1 N–H and O–H groups in total. The van der Waals surface area contributed by atoms with E-state index in [0.717, 1.165) is 30.7 Å². The van der Waals surface area contributed by atoms with Crippen molar-refractivity contribution >= 4 is 5.97 Å². The molecule has 0 aliphatic carbocycles. The maximum atomic E-state index is 11.6. The Kier molecular flexibility index (Phi) is 6.17. The Morgan fingerprint density at radius 2 is 1.93 bits per heavy atom. The molecule has 4 heteroatoms. The molecule has 1 fully saturated rings. The van der Waals surface area contributed by atoms with Crippen molar-refractivity contribution in [3.63, 3.8) is 0 Å². The second-order valence-corrected chi connectivity index (χ2v) is 7.50. The summed E-state index contributed by atoms with van der Waals surface area (Å²) in [5.41, 5.74) is 4.81. The van der Waals surface area contributed by atoms with Crippen LogP contribution in [-0.4, -0.2) is 35.7 Å².